The number of nitriles is 1. The fourth-order valence-electron chi connectivity index (χ4n) is 1.10. The van der Waals surface area contributed by atoms with E-state index >= 15 is 0 Å². The molecule has 0 aliphatic carbocycles. The van der Waals surface area contributed by atoms with Crippen LogP contribution in [0, 0.1) is 24.1 Å². The molecule has 1 amide bonds. The molecule has 0 spiro atoms. The van der Waals surface area contributed by atoms with Crippen LogP contribution in [0.25, 0.3) is 0 Å². The number of benzene rings is 1. The molecule has 0 fully saturated rings. The highest BCUT2D eigenvalue weighted by Gasteiger charge is 2.13. The minimum atomic E-state index is -0.855. The molecular formula is C9H7FN2O. The molecule has 0 saturated heterocycles. The molecule has 0 aromatic heterocycles. The first-order valence-corrected chi connectivity index (χ1v) is 3.57. The highest BCUT2D eigenvalue weighted by atomic mass is 19.1. The van der Waals surface area contributed by atoms with Crippen LogP contribution in [0.4, 0.5) is 4.39 Å². The van der Waals surface area contributed by atoms with E-state index in [0.717, 1.165) is 6.07 Å². The molecule has 0 radical (unpaired) electrons. The quantitative estimate of drug-likeness (QED) is 0.699. The second kappa shape index (κ2) is 3.23. The highest BCUT2D eigenvalue weighted by Crippen LogP contribution is 2.16. The molecule has 0 aliphatic rings. The van der Waals surface area contributed by atoms with E-state index in [2.05, 4.69) is 0 Å². The van der Waals surface area contributed by atoms with Crippen LogP contribution in [0.1, 0.15) is 21.5 Å². The van der Waals surface area contributed by atoms with Crippen LogP contribution >= 0.6 is 0 Å². The van der Waals surface area contributed by atoms with Crippen molar-refractivity contribution in [2.75, 3.05) is 0 Å². The van der Waals surface area contributed by atoms with Crippen LogP contribution in [0.3, 0.4) is 0 Å². The van der Waals surface area contributed by atoms with Crippen molar-refractivity contribution in [2.24, 2.45) is 5.73 Å². The van der Waals surface area contributed by atoms with Crippen molar-refractivity contribution in [1.29, 1.82) is 5.26 Å². The molecule has 66 valence electrons. The lowest BCUT2D eigenvalue weighted by Crippen LogP contribution is -2.15. The third-order valence-corrected chi connectivity index (χ3v) is 1.78. The molecule has 1 aromatic carbocycles. The van der Waals surface area contributed by atoms with Gasteiger partial charge in [-0.25, -0.2) is 4.39 Å². The normalized spacial score (nSPS) is 9.31. The van der Waals surface area contributed by atoms with Gasteiger partial charge in [-0.3, -0.25) is 4.79 Å². The van der Waals surface area contributed by atoms with Gasteiger partial charge in [0.15, 0.2) is 0 Å². The standard InChI is InChI=1S/C9H7FN2O/c1-5-6(4-11)2-3-7(10)8(5)9(12)13/h2-3H,1H3,(H2,12,13). The van der Waals surface area contributed by atoms with E-state index in [0.29, 0.717) is 0 Å². The summed E-state index contributed by atoms with van der Waals surface area (Å²) < 4.78 is 13.0. The average molecular weight is 178 g/mol. The minimum Gasteiger partial charge on any atom is -0.365 e. The fourth-order valence-corrected chi connectivity index (χ4v) is 1.10. The topological polar surface area (TPSA) is 66.9 Å². The molecule has 0 bridgehead atoms. The highest BCUT2D eigenvalue weighted by molar-refractivity contribution is 5.95. The van der Waals surface area contributed by atoms with Crippen LogP contribution in [-0.4, -0.2) is 5.91 Å². The van der Waals surface area contributed by atoms with Crippen molar-refractivity contribution < 1.29 is 9.18 Å². The number of rotatable bonds is 1. The Hall–Kier alpha value is -1.89. The molecule has 1 aromatic rings. The van der Waals surface area contributed by atoms with Crippen LogP contribution in [0.15, 0.2) is 12.1 Å². The number of nitrogens with zero attached hydrogens (tertiary/aromatic N) is 1. The number of hydrogen-bond donors (Lipinski definition) is 1. The van der Waals surface area contributed by atoms with Gasteiger partial charge in [0.1, 0.15) is 5.82 Å². The van der Waals surface area contributed by atoms with Gasteiger partial charge < -0.3 is 5.73 Å². The molecule has 2 N–H and O–H groups in total. The molecule has 0 heterocycles. The maximum Gasteiger partial charge on any atom is 0.251 e. The summed E-state index contributed by atoms with van der Waals surface area (Å²) in [6.07, 6.45) is 0. The zero-order chi connectivity index (χ0) is 10.0. The van der Waals surface area contributed by atoms with E-state index in [4.69, 9.17) is 11.0 Å². The summed E-state index contributed by atoms with van der Waals surface area (Å²) in [5.74, 6) is -1.55. The van der Waals surface area contributed by atoms with Crippen LogP contribution < -0.4 is 5.73 Å². The summed E-state index contributed by atoms with van der Waals surface area (Å²) >= 11 is 0. The molecule has 4 heteroatoms. The Kier molecular flexibility index (Phi) is 2.29. The largest absolute Gasteiger partial charge is 0.365 e. The minimum absolute atomic E-state index is 0.209. The van der Waals surface area contributed by atoms with Crippen molar-refractivity contribution in [2.45, 2.75) is 6.92 Å². The number of primary amides is 1. The number of hydrogen-bond acceptors (Lipinski definition) is 2. The lowest BCUT2D eigenvalue weighted by molar-refractivity contribution is 0.0996. The zero-order valence-corrected chi connectivity index (χ0v) is 6.97. The predicted octanol–water partition coefficient (Wildman–Crippen LogP) is 1.10. The number of carbonyl (C=O) groups excluding carboxylic acids is 1. The first-order valence-electron chi connectivity index (χ1n) is 3.57. The summed E-state index contributed by atoms with van der Waals surface area (Å²) in [5.41, 5.74) is 5.29. The molecule has 1 rings (SSSR count). The van der Waals surface area contributed by atoms with E-state index in [9.17, 15) is 9.18 Å². The Balaban J connectivity index is 3.50. The van der Waals surface area contributed by atoms with Gasteiger partial charge in [0.05, 0.1) is 17.2 Å². The second-order valence-electron chi connectivity index (χ2n) is 2.57. The number of carbonyl (C=O) groups is 1. The van der Waals surface area contributed by atoms with Crippen LogP contribution in [-0.2, 0) is 0 Å². The van der Waals surface area contributed by atoms with Crippen molar-refractivity contribution in [3.8, 4) is 6.07 Å². The summed E-state index contributed by atoms with van der Waals surface area (Å²) in [6, 6.07) is 4.22. The first kappa shape index (κ1) is 9.20. The summed E-state index contributed by atoms with van der Waals surface area (Å²) in [7, 11) is 0. The van der Waals surface area contributed by atoms with Gasteiger partial charge in [0, 0.05) is 0 Å². The van der Waals surface area contributed by atoms with E-state index < -0.39 is 11.7 Å². The van der Waals surface area contributed by atoms with E-state index in [1.807, 2.05) is 6.07 Å². The smallest absolute Gasteiger partial charge is 0.251 e. The van der Waals surface area contributed by atoms with E-state index in [1.54, 1.807) is 0 Å². The first-order chi connectivity index (χ1) is 6.07. The number of amides is 1. The SMILES string of the molecule is Cc1c(C#N)ccc(F)c1C(N)=O. The predicted molar refractivity (Wildman–Crippen MR) is 44.4 cm³/mol. The Bertz CT molecular complexity index is 407. The van der Waals surface area contributed by atoms with Gasteiger partial charge in [-0.1, -0.05) is 0 Å². The molecule has 3 nitrogen and oxygen atoms in total. The fraction of sp³-hybridized carbons (Fsp3) is 0.111. The molecule has 0 aliphatic heterocycles. The maximum absolute atomic E-state index is 13.0. The molecule has 0 unspecified atom stereocenters. The van der Waals surface area contributed by atoms with Gasteiger partial charge in [0.2, 0.25) is 0 Å². The zero-order valence-electron chi connectivity index (χ0n) is 6.97. The van der Waals surface area contributed by atoms with Gasteiger partial charge in [-0.15, -0.1) is 0 Å². The van der Waals surface area contributed by atoms with Crippen molar-refractivity contribution in [1.82, 2.24) is 0 Å². The third kappa shape index (κ3) is 1.49. The van der Waals surface area contributed by atoms with E-state index in [1.165, 1.54) is 13.0 Å². The number of nitrogens with two attached hydrogens (primary N) is 1. The number of halogens is 1. The van der Waals surface area contributed by atoms with Gasteiger partial charge in [-0.2, -0.15) is 5.26 Å². The van der Waals surface area contributed by atoms with Crippen molar-refractivity contribution >= 4 is 5.91 Å². The van der Waals surface area contributed by atoms with Crippen molar-refractivity contribution in [3.05, 3.63) is 34.6 Å². The molecule has 0 atom stereocenters. The maximum atomic E-state index is 13.0. The Morgan fingerprint density at radius 1 is 1.62 bits per heavy atom. The lowest BCUT2D eigenvalue weighted by Gasteiger charge is -2.03. The Morgan fingerprint density at radius 2 is 2.23 bits per heavy atom. The molecule has 0 saturated carbocycles. The van der Waals surface area contributed by atoms with Gasteiger partial charge in [0.25, 0.3) is 5.91 Å². The Morgan fingerprint density at radius 3 is 2.69 bits per heavy atom. The van der Waals surface area contributed by atoms with Gasteiger partial charge in [-0.05, 0) is 24.6 Å². The second-order valence-corrected chi connectivity index (χ2v) is 2.57. The van der Waals surface area contributed by atoms with Crippen LogP contribution in [0.5, 0.6) is 0 Å². The Labute approximate surface area is 74.6 Å². The van der Waals surface area contributed by atoms with E-state index in [-0.39, 0.29) is 16.7 Å². The summed E-state index contributed by atoms with van der Waals surface area (Å²) in [6.45, 7) is 1.49. The van der Waals surface area contributed by atoms with Crippen LogP contribution in [0.2, 0.25) is 0 Å². The lowest BCUT2D eigenvalue weighted by atomic mass is 10.0. The monoisotopic (exact) mass is 178 g/mol. The third-order valence-electron chi connectivity index (χ3n) is 1.78. The average Bonchev–Trinajstić information content (AvgIpc) is 2.04. The molecular weight excluding hydrogens is 171 g/mol. The summed E-state index contributed by atoms with van der Waals surface area (Å²) in [5, 5.41) is 8.59. The molecule has 13 heavy (non-hydrogen) atoms. The summed E-state index contributed by atoms with van der Waals surface area (Å²) in [4.78, 5) is 10.8. The van der Waals surface area contributed by atoms with Gasteiger partial charge >= 0.3 is 0 Å². The van der Waals surface area contributed by atoms with Crippen molar-refractivity contribution in [3.63, 3.8) is 0 Å².